The average molecular weight is 479 g/mol. The largest absolute Gasteiger partial charge is 0.493 e. The first-order valence-electron chi connectivity index (χ1n) is 10.7. The minimum Gasteiger partial charge on any atom is -0.493 e. The fourth-order valence-electron chi connectivity index (χ4n) is 4.25. The standard InChI is InChI=1S/C24H22N4O5S/c1-32-21-10-16-15(9-22(21)33-6-3-5-27-14-25-13-26-27)8-19(23-4-2-7-34-23)28-12-17(24(30)31)20(29)11-18(16)28/h2,4,7,9-14,19H,3,5-6,8H2,1H3,(H,30,31). The Hall–Kier alpha value is -3.92. The van der Waals surface area contributed by atoms with Gasteiger partial charge in [0.05, 0.1) is 25.5 Å². The first kappa shape index (κ1) is 21.9. The van der Waals surface area contributed by atoms with Gasteiger partial charge < -0.3 is 19.1 Å². The molecule has 0 radical (unpaired) electrons. The molecule has 0 saturated carbocycles. The van der Waals surface area contributed by atoms with Gasteiger partial charge in [0.1, 0.15) is 18.2 Å². The van der Waals surface area contributed by atoms with Crippen LogP contribution in [0.1, 0.15) is 33.3 Å². The number of hydrogen-bond donors (Lipinski definition) is 1. The van der Waals surface area contributed by atoms with Crippen LogP contribution in [0.3, 0.4) is 0 Å². The Morgan fingerprint density at radius 1 is 1.29 bits per heavy atom. The third-order valence-electron chi connectivity index (χ3n) is 5.85. The zero-order chi connectivity index (χ0) is 23.7. The molecule has 4 heterocycles. The van der Waals surface area contributed by atoms with Crippen molar-refractivity contribution < 1.29 is 19.4 Å². The number of pyridine rings is 1. The number of rotatable bonds is 8. The lowest BCUT2D eigenvalue weighted by molar-refractivity contribution is 0.0694. The molecule has 10 heteroatoms. The van der Waals surface area contributed by atoms with E-state index in [-0.39, 0.29) is 11.6 Å². The lowest BCUT2D eigenvalue weighted by atomic mass is 9.91. The second-order valence-electron chi connectivity index (χ2n) is 7.91. The maximum absolute atomic E-state index is 12.6. The van der Waals surface area contributed by atoms with Gasteiger partial charge in [-0.25, -0.2) is 9.78 Å². The number of carboxylic acid groups (broad SMARTS) is 1. The molecule has 0 aliphatic carbocycles. The summed E-state index contributed by atoms with van der Waals surface area (Å²) in [6.07, 6.45) is 6.00. The number of aromatic nitrogens is 4. The highest BCUT2D eigenvalue weighted by atomic mass is 32.1. The molecule has 1 N–H and O–H groups in total. The highest BCUT2D eigenvalue weighted by Crippen LogP contribution is 2.43. The van der Waals surface area contributed by atoms with Crippen molar-refractivity contribution in [3.63, 3.8) is 0 Å². The van der Waals surface area contributed by atoms with Crippen molar-refractivity contribution in [2.24, 2.45) is 0 Å². The lowest BCUT2D eigenvalue weighted by Gasteiger charge is -2.31. The Bertz CT molecular complexity index is 1380. The van der Waals surface area contributed by atoms with Crippen LogP contribution in [0, 0.1) is 0 Å². The van der Waals surface area contributed by atoms with Gasteiger partial charge in [-0.05, 0) is 35.6 Å². The molecular formula is C24H22N4O5S. The summed E-state index contributed by atoms with van der Waals surface area (Å²) in [7, 11) is 1.57. The van der Waals surface area contributed by atoms with Crippen LogP contribution in [0.2, 0.25) is 0 Å². The van der Waals surface area contributed by atoms with E-state index in [0.717, 1.165) is 22.4 Å². The van der Waals surface area contributed by atoms with Crippen molar-refractivity contribution in [1.29, 1.82) is 0 Å². The first-order valence-corrected chi connectivity index (χ1v) is 11.6. The molecule has 0 spiro atoms. The number of thiophene rings is 1. The maximum Gasteiger partial charge on any atom is 0.341 e. The van der Waals surface area contributed by atoms with Crippen molar-refractivity contribution in [2.45, 2.75) is 25.4 Å². The summed E-state index contributed by atoms with van der Waals surface area (Å²) >= 11 is 1.60. The molecule has 1 aliphatic heterocycles. The van der Waals surface area contributed by atoms with Gasteiger partial charge in [0.2, 0.25) is 0 Å². The summed E-state index contributed by atoms with van der Waals surface area (Å²) in [4.78, 5) is 29.2. The Balaban J connectivity index is 1.52. The van der Waals surface area contributed by atoms with Crippen molar-refractivity contribution in [1.82, 2.24) is 19.3 Å². The summed E-state index contributed by atoms with van der Waals surface area (Å²) in [5, 5.41) is 15.6. The number of aryl methyl sites for hydroxylation is 1. The molecule has 4 aromatic rings. The number of methoxy groups -OCH3 is 1. The number of nitrogens with zero attached hydrogens (tertiary/aromatic N) is 4. The van der Waals surface area contributed by atoms with Crippen molar-refractivity contribution in [2.75, 3.05) is 13.7 Å². The molecular weight excluding hydrogens is 456 g/mol. The maximum atomic E-state index is 12.6. The van der Waals surface area contributed by atoms with Gasteiger partial charge in [-0.3, -0.25) is 9.48 Å². The van der Waals surface area contributed by atoms with Gasteiger partial charge in [-0.15, -0.1) is 11.3 Å². The van der Waals surface area contributed by atoms with Crippen LogP contribution in [0.5, 0.6) is 11.5 Å². The molecule has 0 fully saturated rings. The summed E-state index contributed by atoms with van der Waals surface area (Å²) in [6, 6.07) is 9.08. The van der Waals surface area contributed by atoms with E-state index in [4.69, 9.17) is 9.47 Å². The molecule has 34 heavy (non-hydrogen) atoms. The SMILES string of the molecule is COc1cc2c(cc1OCCCn1cncn1)CC(c1cccs1)n1cc(C(=O)O)c(=O)cc1-2. The Morgan fingerprint density at radius 3 is 2.88 bits per heavy atom. The number of carbonyl (C=O) groups is 1. The molecule has 3 aromatic heterocycles. The van der Waals surface area contributed by atoms with Gasteiger partial charge in [-0.2, -0.15) is 5.10 Å². The van der Waals surface area contributed by atoms with Crippen molar-refractivity contribution in [3.8, 4) is 22.8 Å². The van der Waals surface area contributed by atoms with E-state index in [1.165, 1.54) is 18.6 Å². The van der Waals surface area contributed by atoms with Crippen LogP contribution < -0.4 is 14.9 Å². The molecule has 1 aromatic carbocycles. The fraction of sp³-hybridized carbons (Fsp3) is 0.250. The molecule has 0 saturated heterocycles. The van der Waals surface area contributed by atoms with E-state index < -0.39 is 11.4 Å². The quantitative estimate of drug-likeness (QED) is 0.386. The Morgan fingerprint density at radius 2 is 2.18 bits per heavy atom. The molecule has 174 valence electrons. The molecule has 1 unspecified atom stereocenters. The highest BCUT2D eigenvalue weighted by Gasteiger charge is 2.29. The molecule has 1 atom stereocenters. The lowest BCUT2D eigenvalue weighted by Crippen LogP contribution is -2.25. The Kier molecular flexibility index (Phi) is 5.89. The Labute approximate surface area is 198 Å². The average Bonchev–Trinajstić information content (AvgIpc) is 3.55. The van der Waals surface area contributed by atoms with E-state index in [9.17, 15) is 14.7 Å². The summed E-state index contributed by atoms with van der Waals surface area (Å²) in [5.74, 6) is -0.0543. The van der Waals surface area contributed by atoms with Crippen molar-refractivity contribution in [3.05, 3.63) is 80.8 Å². The zero-order valence-corrected chi connectivity index (χ0v) is 19.2. The van der Waals surface area contributed by atoms with E-state index in [2.05, 4.69) is 10.1 Å². The van der Waals surface area contributed by atoms with Crippen LogP contribution in [0.25, 0.3) is 11.3 Å². The third kappa shape index (κ3) is 4.08. The number of carboxylic acids is 1. The number of hydrogen-bond acceptors (Lipinski definition) is 7. The van der Waals surface area contributed by atoms with Gasteiger partial charge in [0.25, 0.3) is 0 Å². The number of benzene rings is 1. The number of fused-ring (bicyclic) bond motifs is 3. The van der Waals surface area contributed by atoms with E-state index in [1.807, 2.05) is 34.2 Å². The smallest absolute Gasteiger partial charge is 0.341 e. The van der Waals surface area contributed by atoms with Gasteiger partial charge >= 0.3 is 5.97 Å². The second-order valence-corrected chi connectivity index (χ2v) is 8.88. The minimum atomic E-state index is -1.23. The van der Waals surface area contributed by atoms with E-state index in [0.29, 0.717) is 36.8 Å². The van der Waals surface area contributed by atoms with Crippen LogP contribution >= 0.6 is 11.3 Å². The summed E-state index contributed by atoms with van der Waals surface area (Å²) in [6.45, 7) is 1.16. The molecule has 5 rings (SSSR count). The normalized spacial score (nSPS) is 14.3. The van der Waals surface area contributed by atoms with E-state index >= 15 is 0 Å². The predicted octanol–water partition coefficient (Wildman–Crippen LogP) is 3.49. The van der Waals surface area contributed by atoms with Gasteiger partial charge in [-0.1, -0.05) is 6.07 Å². The number of aromatic carboxylic acids is 1. The van der Waals surface area contributed by atoms with Crippen LogP contribution in [-0.2, 0) is 13.0 Å². The first-order chi connectivity index (χ1) is 16.5. The monoisotopic (exact) mass is 478 g/mol. The van der Waals surface area contributed by atoms with Crippen LogP contribution in [-0.4, -0.2) is 44.1 Å². The highest BCUT2D eigenvalue weighted by molar-refractivity contribution is 7.10. The topological polar surface area (TPSA) is 108 Å². The van der Waals surface area contributed by atoms with Gasteiger partial charge in [0, 0.05) is 35.7 Å². The van der Waals surface area contributed by atoms with E-state index in [1.54, 1.807) is 29.5 Å². The zero-order valence-electron chi connectivity index (χ0n) is 18.4. The molecule has 0 bridgehead atoms. The summed E-state index contributed by atoms with van der Waals surface area (Å²) < 4.78 is 15.3. The van der Waals surface area contributed by atoms with Crippen LogP contribution in [0.15, 0.2) is 59.4 Å². The molecule has 9 nitrogen and oxygen atoms in total. The van der Waals surface area contributed by atoms with Gasteiger partial charge in [0.15, 0.2) is 16.9 Å². The predicted molar refractivity (Wildman–Crippen MR) is 126 cm³/mol. The third-order valence-corrected chi connectivity index (χ3v) is 6.83. The second kappa shape index (κ2) is 9.14. The minimum absolute atomic E-state index is 0.130. The van der Waals surface area contributed by atoms with Crippen molar-refractivity contribution >= 4 is 17.3 Å². The van der Waals surface area contributed by atoms with Crippen LogP contribution in [0.4, 0.5) is 0 Å². The molecule has 1 aliphatic rings. The summed E-state index contributed by atoms with van der Waals surface area (Å²) in [5.41, 5.74) is 1.73. The number of ether oxygens (including phenoxy) is 2. The fourth-order valence-corrected chi connectivity index (χ4v) is 5.07. The molecule has 0 amide bonds.